The van der Waals surface area contributed by atoms with E-state index in [0.29, 0.717) is 0 Å². The van der Waals surface area contributed by atoms with Crippen molar-refractivity contribution < 1.29 is 0 Å². The molecule has 0 aliphatic heterocycles. The Bertz CT molecular complexity index is 3320. The van der Waals surface area contributed by atoms with E-state index in [9.17, 15) is 0 Å². The zero-order chi connectivity index (χ0) is 38.9. The zero-order valence-electron chi connectivity index (χ0n) is 33.3. The third-order valence-electron chi connectivity index (χ3n) is 13.8. The molecule has 0 aromatic heterocycles. The van der Waals surface area contributed by atoms with Gasteiger partial charge in [0, 0.05) is 10.8 Å². The summed E-state index contributed by atoms with van der Waals surface area (Å²) in [5, 5.41) is 10.5. The molecule has 10 aromatic rings. The summed E-state index contributed by atoms with van der Waals surface area (Å²) >= 11 is 0. The van der Waals surface area contributed by atoms with Gasteiger partial charge < -0.3 is 0 Å². The van der Waals surface area contributed by atoms with Crippen LogP contribution in [0.5, 0.6) is 0 Å². The monoisotopic (exact) mass is 738 g/mol. The van der Waals surface area contributed by atoms with Crippen molar-refractivity contribution >= 4 is 43.1 Å². The van der Waals surface area contributed by atoms with Gasteiger partial charge in [0.1, 0.15) is 0 Å². The van der Waals surface area contributed by atoms with Crippen molar-refractivity contribution in [2.24, 2.45) is 0 Å². The van der Waals surface area contributed by atoms with Gasteiger partial charge in [-0.1, -0.05) is 198 Å². The molecular formula is C58H42. The minimum Gasteiger partial charge on any atom is -0.0619 e. The first-order chi connectivity index (χ1) is 28.3. The molecule has 0 radical (unpaired) electrons. The second-order valence-electron chi connectivity index (χ2n) is 17.6. The fourth-order valence-electron chi connectivity index (χ4n) is 11.1. The highest BCUT2D eigenvalue weighted by Gasteiger charge is 2.39. The van der Waals surface area contributed by atoms with Gasteiger partial charge in [-0.15, -0.1) is 0 Å². The molecule has 0 amide bonds. The minimum atomic E-state index is -0.105. The molecule has 58 heavy (non-hydrogen) atoms. The predicted molar refractivity (Wildman–Crippen MR) is 248 cm³/mol. The lowest BCUT2D eigenvalue weighted by Crippen LogP contribution is -2.15. The highest BCUT2D eigenvalue weighted by molar-refractivity contribution is 6.22. The van der Waals surface area contributed by atoms with Gasteiger partial charge in [-0.2, -0.15) is 0 Å². The summed E-state index contributed by atoms with van der Waals surface area (Å²) in [5.74, 6) is 0. The molecule has 2 aliphatic rings. The van der Waals surface area contributed by atoms with Crippen molar-refractivity contribution in [3.63, 3.8) is 0 Å². The Hall–Kier alpha value is -6.76. The molecule has 2 aliphatic carbocycles. The average Bonchev–Trinajstić information content (AvgIpc) is 3.65. The molecule has 0 N–H and O–H groups in total. The van der Waals surface area contributed by atoms with E-state index < -0.39 is 0 Å². The second kappa shape index (κ2) is 11.9. The maximum absolute atomic E-state index is 2.47. The Balaban J connectivity index is 1.000. The summed E-state index contributed by atoms with van der Waals surface area (Å²) in [5.41, 5.74) is 18.5. The predicted octanol–water partition coefficient (Wildman–Crippen LogP) is 15.9. The number of benzene rings is 10. The van der Waals surface area contributed by atoms with Crippen LogP contribution in [0.2, 0.25) is 0 Å². The van der Waals surface area contributed by atoms with Crippen molar-refractivity contribution in [1.29, 1.82) is 0 Å². The summed E-state index contributed by atoms with van der Waals surface area (Å²) in [6.45, 7) is 9.54. The molecule has 0 saturated carbocycles. The van der Waals surface area contributed by atoms with Gasteiger partial charge in [0.05, 0.1) is 0 Å². The smallest absolute Gasteiger partial charge is 0.0165 e. The summed E-state index contributed by atoms with van der Waals surface area (Å²) in [4.78, 5) is 0. The third kappa shape index (κ3) is 4.46. The van der Waals surface area contributed by atoms with E-state index in [2.05, 4.69) is 210 Å². The molecular weight excluding hydrogens is 697 g/mol. The average molecular weight is 739 g/mol. The van der Waals surface area contributed by atoms with Gasteiger partial charge in [-0.05, 0) is 133 Å². The topological polar surface area (TPSA) is 0 Å². The first kappa shape index (κ1) is 33.4. The van der Waals surface area contributed by atoms with Crippen LogP contribution in [0, 0.1) is 0 Å². The highest BCUT2D eigenvalue weighted by Crippen LogP contribution is 2.56. The largest absolute Gasteiger partial charge is 0.0619 e. The van der Waals surface area contributed by atoms with Crippen molar-refractivity contribution in [3.8, 4) is 55.6 Å². The van der Waals surface area contributed by atoms with Crippen LogP contribution >= 0.6 is 0 Å². The Morgan fingerprint density at radius 2 is 0.690 bits per heavy atom. The summed E-state index contributed by atoms with van der Waals surface area (Å²) in [6, 6.07) is 68.6. The molecule has 10 aromatic carbocycles. The van der Waals surface area contributed by atoms with Crippen LogP contribution in [-0.2, 0) is 10.8 Å². The van der Waals surface area contributed by atoms with Crippen molar-refractivity contribution in [3.05, 3.63) is 204 Å². The van der Waals surface area contributed by atoms with Crippen molar-refractivity contribution in [2.45, 2.75) is 38.5 Å². The Morgan fingerprint density at radius 1 is 0.259 bits per heavy atom. The highest BCUT2D eigenvalue weighted by atomic mass is 14.4. The molecule has 0 bridgehead atoms. The molecule has 0 fully saturated rings. The van der Waals surface area contributed by atoms with E-state index >= 15 is 0 Å². The summed E-state index contributed by atoms with van der Waals surface area (Å²) in [7, 11) is 0. The molecule has 12 rings (SSSR count). The Kier molecular flexibility index (Phi) is 6.84. The summed E-state index contributed by atoms with van der Waals surface area (Å²) < 4.78 is 0. The standard InChI is InChI=1S/C58H42/c1-57(2)50-24-14-13-17-41(50)42-31-29-38(34-52(42)57)54-46-21-10-8-19-44(46)53(45-20-9-11-22-47(45)54)36-27-25-35(26-28-36)37-30-32-51-49(33-37)55-43-18-7-5-15-39(43)40-16-6-12-23-48(40)56(55)58(51,3)4/h5-34H,1-4H3. The summed E-state index contributed by atoms with van der Waals surface area (Å²) in [6.07, 6.45) is 0. The lowest BCUT2D eigenvalue weighted by Gasteiger charge is -2.24. The van der Waals surface area contributed by atoms with Crippen LogP contribution in [0.4, 0.5) is 0 Å². The van der Waals surface area contributed by atoms with Gasteiger partial charge >= 0.3 is 0 Å². The number of fused-ring (bicyclic) bond motifs is 13. The molecule has 0 saturated heterocycles. The van der Waals surface area contributed by atoms with Crippen molar-refractivity contribution in [2.75, 3.05) is 0 Å². The van der Waals surface area contributed by atoms with Crippen LogP contribution in [0.25, 0.3) is 98.7 Å². The normalized spacial score (nSPS) is 14.5. The van der Waals surface area contributed by atoms with Gasteiger partial charge in [0.15, 0.2) is 0 Å². The van der Waals surface area contributed by atoms with Gasteiger partial charge in [-0.3, -0.25) is 0 Å². The molecule has 0 heteroatoms. The van der Waals surface area contributed by atoms with Gasteiger partial charge in [0.25, 0.3) is 0 Å². The fraction of sp³-hybridized carbons (Fsp3) is 0.103. The second-order valence-corrected chi connectivity index (χ2v) is 17.6. The first-order valence-corrected chi connectivity index (χ1v) is 20.7. The Morgan fingerprint density at radius 3 is 1.33 bits per heavy atom. The molecule has 0 nitrogen and oxygen atoms in total. The van der Waals surface area contributed by atoms with Crippen LogP contribution < -0.4 is 0 Å². The van der Waals surface area contributed by atoms with E-state index in [-0.39, 0.29) is 10.8 Å². The van der Waals surface area contributed by atoms with E-state index in [4.69, 9.17) is 0 Å². The number of rotatable bonds is 3. The van der Waals surface area contributed by atoms with Crippen molar-refractivity contribution in [1.82, 2.24) is 0 Å². The SMILES string of the molecule is CC1(C)c2ccccc2-c2ccc(-c3c4ccccc4c(-c4ccc(-c5ccc6c(c5)-c5c(c7ccccc7c7ccccc57)C6(C)C)cc4)c4ccccc34)cc21. The molecule has 0 atom stereocenters. The maximum atomic E-state index is 2.47. The van der Waals surface area contributed by atoms with Crippen LogP contribution in [0.15, 0.2) is 182 Å². The minimum absolute atomic E-state index is 0.0597. The zero-order valence-corrected chi connectivity index (χ0v) is 33.3. The number of hydrogen-bond acceptors (Lipinski definition) is 0. The molecule has 0 heterocycles. The first-order valence-electron chi connectivity index (χ1n) is 20.7. The molecule has 274 valence electrons. The molecule has 0 spiro atoms. The van der Waals surface area contributed by atoms with Crippen LogP contribution in [-0.4, -0.2) is 0 Å². The van der Waals surface area contributed by atoms with E-state index in [0.717, 1.165) is 0 Å². The van der Waals surface area contributed by atoms with Crippen LogP contribution in [0.1, 0.15) is 49.9 Å². The third-order valence-corrected chi connectivity index (χ3v) is 13.8. The van der Waals surface area contributed by atoms with E-state index in [1.807, 2.05) is 0 Å². The lowest BCUT2D eigenvalue weighted by atomic mass is 9.79. The van der Waals surface area contributed by atoms with Gasteiger partial charge in [0.2, 0.25) is 0 Å². The van der Waals surface area contributed by atoms with E-state index in [1.165, 1.54) is 121 Å². The quantitative estimate of drug-likeness (QED) is 0.125. The van der Waals surface area contributed by atoms with Crippen LogP contribution in [0.3, 0.4) is 0 Å². The lowest BCUT2D eigenvalue weighted by molar-refractivity contribution is 0.660. The maximum Gasteiger partial charge on any atom is 0.0165 e. The van der Waals surface area contributed by atoms with Gasteiger partial charge in [-0.25, -0.2) is 0 Å². The fourth-order valence-corrected chi connectivity index (χ4v) is 11.1. The molecule has 0 unspecified atom stereocenters. The number of hydrogen-bond donors (Lipinski definition) is 0. The Labute approximate surface area is 340 Å². The van der Waals surface area contributed by atoms with E-state index in [1.54, 1.807) is 0 Å².